The van der Waals surface area contributed by atoms with Gasteiger partial charge in [-0.05, 0) is 0 Å². The number of hydrogen-bond donors (Lipinski definition) is 0. The summed E-state index contributed by atoms with van der Waals surface area (Å²) in [6.45, 7) is 14.1. The van der Waals surface area contributed by atoms with Crippen LogP contribution in [0.4, 0.5) is 0 Å². The summed E-state index contributed by atoms with van der Waals surface area (Å²) in [5.41, 5.74) is 8.34. The molecule has 0 fully saturated rings. The van der Waals surface area contributed by atoms with Crippen LogP contribution in [0.2, 0.25) is 0 Å². The molecule has 0 radical (unpaired) electrons. The van der Waals surface area contributed by atoms with Crippen molar-refractivity contribution in [2.24, 2.45) is 0 Å². The molecule has 238 valence electrons. The molecule has 0 aliphatic heterocycles. The van der Waals surface area contributed by atoms with Gasteiger partial charge in [0, 0.05) is 0 Å². The zero-order valence-corrected chi connectivity index (χ0v) is 30.8. The molecule has 0 unspecified atom stereocenters. The van der Waals surface area contributed by atoms with E-state index in [1.165, 1.54) is 95.8 Å². The first-order valence-corrected chi connectivity index (χ1v) is 19.2. The van der Waals surface area contributed by atoms with Crippen LogP contribution in [0.5, 0.6) is 0 Å². The van der Waals surface area contributed by atoms with E-state index in [-0.39, 0.29) is 25.3 Å². The Morgan fingerprint density at radius 3 is 1.12 bits per heavy atom. The third-order valence-electron chi connectivity index (χ3n) is 10.4. The summed E-state index contributed by atoms with van der Waals surface area (Å²) in [6.07, 6.45) is 0. The molecule has 49 heavy (non-hydrogen) atoms. The molecule has 0 bridgehead atoms. The van der Waals surface area contributed by atoms with E-state index in [9.17, 15) is 0 Å². The van der Waals surface area contributed by atoms with Gasteiger partial charge >= 0.3 is 296 Å². The minimum atomic E-state index is 0.00900. The molecule has 0 aliphatic rings. The standard InChI is InChI=1S/C48H40Se/c1-47(2,3)44-33-21-11-7-17-29(33)41(30-18-8-12-22-34(30)44)37-25-16-28-40-43(37)39-27-15-26-38(46(39)49-40)42-31-19-9-13-23-35(31)45(48(4,5)6)36-24-14-10-20-32(36)42/h7-28H,1-6H3. The molecule has 0 N–H and O–H groups in total. The Hall–Kier alpha value is -4.68. The van der Waals surface area contributed by atoms with Crippen molar-refractivity contribution in [3.8, 4) is 22.3 Å². The van der Waals surface area contributed by atoms with E-state index in [2.05, 4.69) is 175 Å². The summed E-state index contributed by atoms with van der Waals surface area (Å²) in [4.78, 5) is 0. The first-order chi connectivity index (χ1) is 23.6. The zero-order chi connectivity index (χ0) is 33.7. The fourth-order valence-electron chi connectivity index (χ4n) is 8.71. The Morgan fingerprint density at radius 1 is 0.347 bits per heavy atom. The maximum atomic E-state index is 2.39. The minimum absolute atomic E-state index is 0.00900. The predicted octanol–water partition coefficient (Wildman–Crippen LogP) is 13.6. The van der Waals surface area contributed by atoms with Gasteiger partial charge in [-0.15, -0.1) is 0 Å². The second kappa shape index (κ2) is 10.9. The van der Waals surface area contributed by atoms with Crippen LogP contribution in [-0.4, -0.2) is 14.5 Å². The fraction of sp³-hybridized carbons (Fsp3) is 0.167. The summed E-state index contributed by atoms with van der Waals surface area (Å²) in [5, 5.41) is 13.6. The third-order valence-corrected chi connectivity index (χ3v) is 13.0. The van der Waals surface area contributed by atoms with Gasteiger partial charge in [0.05, 0.1) is 0 Å². The summed E-state index contributed by atoms with van der Waals surface area (Å²) in [7, 11) is 0. The quantitative estimate of drug-likeness (QED) is 0.125. The maximum absolute atomic E-state index is 2.39. The average molecular weight is 696 g/mol. The summed E-state index contributed by atoms with van der Waals surface area (Å²) >= 11 is 0.166. The van der Waals surface area contributed by atoms with Gasteiger partial charge in [-0.3, -0.25) is 0 Å². The SMILES string of the molecule is CC(C)(C)c1c2ccccc2c(-c2cccc3c2[se]c2cccc(-c4c5ccccc5c(C(C)(C)C)c5ccccc45)c23)c2ccccc12. The number of fused-ring (bicyclic) bond motifs is 7. The van der Waals surface area contributed by atoms with Crippen molar-refractivity contribution in [3.05, 3.63) is 145 Å². The van der Waals surface area contributed by atoms with Crippen LogP contribution < -0.4 is 0 Å². The molecule has 0 saturated carbocycles. The van der Waals surface area contributed by atoms with Crippen molar-refractivity contribution >= 4 is 76.9 Å². The van der Waals surface area contributed by atoms with Crippen molar-refractivity contribution in [2.45, 2.75) is 52.4 Å². The molecule has 9 aromatic rings. The van der Waals surface area contributed by atoms with Gasteiger partial charge in [0.15, 0.2) is 0 Å². The molecule has 0 aliphatic carbocycles. The van der Waals surface area contributed by atoms with Gasteiger partial charge < -0.3 is 0 Å². The average Bonchev–Trinajstić information content (AvgIpc) is 3.48. The van der Waals surface area contributed by atoms with Crippen molar-refractivity contribution in [2.75, 3.05) is 0 Å². The second-order valence-electron chi connectivity index (χ2n) is 15.6. The summed E-state index contributed by atoms with van der Waals surface area (Å²) in [5.74, 6) is 0. The molecule has 0 atom stereocenters. The zero-order valence-electron chi connectivity index (χ0n) is 29.1. The molecular weight excluding hydrogens is 655 g/mol. The molecule has 9 rings (SSSR count). The first-order valence-electron chi connectivity index (χ1n) is 17.5. The van der Waals surface area contributed by atoms with Crippen LogP contribution in [0.3, 0.4) is 0 Å². The van der Waals surface area contributed by atoms with E-state index in [0.717, 1.165) is 0 Å². The van der Waals surface area contributed by atoms with Crippen molar-refractivity contribution in [1.29, 1.82) is 0 Å². The fourth-order valence-corrected chi connectivity index (χ4v) is 11.3. The van der Waals surface area contributed by atoms with Gasteiger partial charge in [-0.25, -0.2) is 0 Å². The molecule has 1 heterocycles. The van der Waals surface area contributed by atoms with Gasteiger partial charge in [-0.1, -0.05) is 0 Å². The van der Waals surface area contributed by atoms with E-state index >= 15 is 0 Å². The Balaban J connectivity index is 1.42. The Labute approximate surface area is 294 Å². The van der Waals surface area contributed by atoms with Crippen LogP contribution in [0.25, 0.3) is 84.6 Å². The molecule has 0 saturated heterocycles. The van der Waals surface area contributed by atoms with Gasteiger partial charge in [0.25, 0.3) is 0 Å². The van der Waals surface area contributed by atoms with Crippen LogP contribution in [-0.2, 0) is 10.8 Å². The molecular formula is C48H40Se. The molecule has 1 heteroatoms. The summed E-state index contributed by atoms with van der Waals surface area (Å²) in [6, 6.07) is 50.5. The normalized spacial score (nSPS) is 12.7. The monoisotopic (exact) mass is 696 g/mol. The number of hydrogen-bond acceptors (Lipinski definition) is 0. The third kappa shape index (κ3) is 4.56. The van der Waals surface area contributed by atoms with E-state index < -0.39 is 0 Å². The van der Waals surface area contributed by atoms with Crippen LogP contribution >= 0.6 is 0 Å². The van der Waals surface area contributed by atoms with E-state index in [0.29, 0.717) is 0 Å². The second-order valence-corrected chi connectivity index (χ2v) is 17.9. The number of rotatable bonds is 2. The first kappa shape index (κ1) is 30.4. The van der Waals surface area contributed by atoms with Gasteiger partial charge in [0.1, 0.15) is 0 Å². The Kier molecular flexibility index (Phi) is 6.77. The van der Waals surface area contributed by atoms with Crippen LogP contribution in [0, 0.1) is 0 Å². The Bertz CT molecular complexity index is 2660. The molecule has 8 aromatic carbocycles. The van der Waals surface area contributed by atoms with Crippen molar-refractivity contribution < 1.29 is 0 Å². The molecule has 1 aromatic heterocycles. The molecule has 0 nitrogen and oxygen atoms in total. The van der Waals surface area contributed by atoms with Crippen LogP contribution in [0.15, 0.2) is 133 Å². The van der Waals surface area contributed by atoms with E-state index in [1.54, 1.807) is 0 Å². The van der Waals surface area contributed by atoms with Crippen molar-refractivity contribution in [1.82, 2.24) is 0 Å². The topological polar surface area (TPSA) is 0 Å². The molecule has 0 spiro atoms. The van der Waals surface area contributed by atoms with E-state index in [4.69, 9.17) is 0 Å². The van der Waals surface area contributed by atoms with Gasteiger partial charge in [-0.2, -0.15) is 0 Å². The Morgan fingerprint density at radius 2 is 0.694 bits per heavy atom. The predicted molar refractivity (Wildman–Crippen MR) is 217 cm³/mol. The van der Waals surface area contributed by atoms with Gasteiger partial charge in [0.2, 0.25) is 0 Å². The molecule has 0 amide bonds. The van der Waals surface area contributed by atoms with Crippen LogP contribution in [0.1, 0.15) is 52.7 Å². The van der Waals surface area contributed by atoms with Crippen molar-refractivity contribution in [3.63, 3.8) is 0 Å². The number of benzene rings is 8. The van der Waals surface area contributed by atoms with E-state index in [1.807, 2.05) is 0 Å². The summed E-state index contributed by atoms with van der Waals surface area (Å²) < 4.78 is 2.97.